The number of anilines is 3. The average molecular weight is 565 g/mol. The third-order valence-electron chi connectivity index (χ3n) is 7.42. The lowest BCUT2D eigenvalue weighted by Gasteiger charge is -2.13. The summed E-state index contributed by atoms with van der Waals surface area (Å²) in [4.78, 5) is 22.9. The van der Waals surface area contributed by atoms with Crippen LogP contribution in [0.1, 0.15) is 48.6 Å². The van der Waals surface area contributed by atoms with Gasteiger partial charge in [0.25, 0.3) is 5.91 Å². The van der Waals surface area contributed by atoms with E-state index in [-0.39, 0.29) is 5.91 Å². The fraction of sp³-hybridized carbons (Fsp3) is 0.323. The van der Waals surface area contributed by atoms with Crippen molar-refractivity contribution in [2.45, 2.75) is 66.7 Å². The molecule has 0 saturated heterocycles. The minimum Gasteiger partial charge on any atom is -0.310 e. The van der Waals surface area contributed by atoms with E-state index < -0.39 is 0 Å². The van der Waals surface area contributed by atoms with Crippen LogP contribution in [0.2, 0.25) is 0 Å². The summed E-state index contributed by atoms with van der Waals surface area (Å²) in [6.45, 7) is 10.8. The molecule has 0 saturated carbocycles. The predicted molar refractivity (Wildman–Crippen MR) is 165 cm³/mol. The summed E-state index contributed by atoms with van der Waals surface area (Å²) in [5, 5.41) is 15.6. The van der Waals surface area contributed by atoms with E-state index in [1.165, 1.54) is 0 Å². The maximum atomic E-state index is 13.2. The second kappa shape index (κ2) is 11.5. The van der Waals surface area contributed by atoms with Crippen LogP contribution in [-0.4, -0.2) is 44.6 Å². The van der Waals surface area contributed by atoms with E-state index in [0.717, 1.165) is 71.2 Å². The molecule has 2 aromatic carbocycles. The molecule has 11 heteroatoms. The Balaban J connectivity index is 1.21. The molecular weight excluding hydrogens is 528 g/mol. The fourth-order valence-electron chi connectivity index (χ4n) is 5.47. The number of aromatic nitrogens is 8. The van der Waals surface area contributed by atoms with Crippen LogP contribution < -0.4 is 10.6 Å². The highest BCUT2D eigenvalue weighted by Gasteiger charge is 2.18. The van der Waals surface area contributed by atoms with E-state index in [1.54, 1.807) is 4.68 Å². The Kier molecular flexibility index (Phi) is 7.47. The fourth-order valence-corrected chi connectivity index (χ4v) is 5.47. The number of nitrogens with one attached hydrogen (secondary N) is 2. The van der Waals surface area contributed by atoms with Crippen LogP contribution >= 0.6 is 0 Å². The molecule has 0 unspecified atom stereocenters. The third kappa shape index (κ3) is 5.25. The van der Waals surface area contributed by atoms with Crippen molar-refractivity contribution in [1.82, 2.24) is 38.7 Å². The summed E-state index contributed by atoms with van der Waals surface area (Å²) >= 11 is 0. The van der Waals surface area contributed by atoms with E-state index >= 15 is 0 Å². The standard InChI is InChI=1S/C31H36N10O/c1-5-40-27(19-21(3)36-40)29(42)35-31-33-24-14-8-10-16-26(24)39(31)18-12-11-17-38-25-15-9-7-13-23(25)32-30(38)34-28-20-22(4)37-41(28)6-2/h7-10,13-16,19-20H,5-6,11-12,17-18H2,1-4H3,(H,32,34)(H,33,35,42). The molecule has 0 aliphatic rings. The zero-order valence-electron chi connectivity index (χ0n) is 24.5. The number of carbonyl (C=O) groups is 1. The number of nitrogens with zero attached hydrogens (tertiary/aromatic N) is 8. The number of para-hydroxylation sites is 4. The second-order valence-corrected chi connectivity index (χ2v) is 10.4. The van der Waals surface area contributed by atoms with Crippen molar-refractivity contribution in [3.63, 3.8) is 0 Å². The molecule has 11 nitrogen and oxygen atoms in total. The van der Waals surface area contributed by atoms with Crippen LogP contribution in [0.4, 0.5) is 17.7 Å². The van der Waals surface area contributed by atoms with E-state index in [0.29, 0.717) is 24.7 Å². The van der Waals surface area contributed by atoms with Gasteiger partial charge in [0, 0.05) is 32.2 Å². The monoisotopic (exact) mass is 564 g/mol. The van der Waals surface area contributed by atoms with Gasteiger partial charge in [-0.15, -0.1) is 0 Å². The summed E-state index contributed by atoms with van der Waals surface area (Å²) < 4.78 is 8.00. The average Bonchev–Trinajstić information content (AvgIpc) is 3.74. The van der Waals surface area contributed by atoms with Crippen molar-refractivity contribution in [3.8, 4) is 0 Å². The smallest absolute Gasteiger partial charge is 0.276 e. The van der Waals surface area contributed by atoms with Gasteiger partial charge in [-0.2, -0.15) is 10.2 Å². The number of hydrogen-bond donors (Lipinski definition) is 2. The van der Waals surface area contributed by atoms with Gasteiger partial charge in [-0.05, 0) is 70.9 Å². The van der Waals surface area contributed by atoms with Crippen molar-refractivity contribution in [1.29, 1.82) is 0 Å². The largest absolute Gasteiger partial charge is 0.310 e. The number of aryl methyl sites for hydroxylation is 6. The van der Waals surface area contributed by atoms with Crippen LogP contribution in [0.15, 0.2) is 60.7 Å². The molecule has 42 heavy (non-hydrogen) atoms. The molecule has 6 aromatic rings. The van der Waals surface area contributed by atoms with Gasteiger partial charge in [0.1, 0.15) is 11.5 Å². The summed E-state index contributed by atoms with van der Waals surface area (Å²) in [5.74, 6) is 2.06. The van der Waals surface area contributed by atoms with E-state index in [1.807, 2.05) is 80.1 Å². The van der Waals surface area contributed by atoms with E-state index in [9.17, 15) is 4.79 Å². The number of unbranched alkanes of at least 4 members (excludes halogenated alkanes) is 1. The Labute approximate surface area is 244 Å². The maximum Gasteiger partial charge on any atom is 0.276 e. The van der Waals surface area contributed by atoms with Crippen LogP contribution in [0.5, 0.6) is 0 Å². The van der Waals surface area contributed by atoms with E-state index in [4.69, 9.17) is 9.97 Å². The summed E-state index contributed by atoms with van der Waals surface area (Å²) in [5.41, 5.74) is 6.18. The SMILES string of the molecule is CCn1nc(C)cc1Nc1nc2ccccc2n1CCCCn1c(NC(=O)c2cc(C)nn2CC)nc2ccccc21. The number of benzene rings is 2. The lowest BCUT2D eigenvalue weighted by atomic mass is 10.2. The molecule has 0 aliphatic heterocycles. The van der Waals surface area contributed by atoms with Gasteiger partial charge < -0.3 is 14.5 Å². The first-order chi connectivity index (χ1) is 20.4. The van der Waals surface area contributed by atoms with Gasteiger partial charge in [0.05, 0.1) is 33.5 Å². The van der Waals surface area contributed by atoms with Crippen molar-refractivity contribution in [2.24, 2.45) is 0 Å². The maximum absolute atomic E-state index is 13.2. The summed E-state index contributed by atoms with van der Waals surface area (Å²) in [7, 11) is 0. The highest BCUT2D eigenvalue weighted by molar-refractivity contribution is 6.03. The van der Waals surface area contributed by atoms with Crippen LogP contribution in [0, 0.1) is 13.8 Å². The van der Waals surface area contributed by atoms with Gasteiger partial charge in [-0.3, -0.25) is 14.8 Å². The second-order valence-electron chi connectivity index (χ2n) is 10.4. The lowest BCUT2D eigenvalue weighted by molar-refractivity contribution is 0.101. The molecule has 0 fully saturated rings. The third-order valence-corrected chi connectivity index (χ3v) is 7.42. The molecule has 0 atom stereocenters. The first-order valence-corrected chi connectivity index (χ1v) is 14.5. The number of hydrogen-bond acceptors (Lipinski definition) is 6. The Hall–Kier alpha value is -4.93. The molecular formula is C31H36N10O. The highest BCUT2D eigenvalue weighted by Crippen LogP contribution is 2.25. The van der Waals surface area contributed by atoms with Gasteiger partial charge in [0.2, 0.25) is 11.9 Å². The van der Waals surface area contributed by atoms with Gasteiger partial charge in [-0.25, -0.2) is 14.6 Å². The molecule has 0 aliphatic carbocycles. The minimum absolute atomic E-state index is 0.212. The number of carbonyl (C=O) groups excluding carboxylic acids is 1. The number of fused-ring (bicyclic) bond motifs is 2. The summed E-state index contributed by atoms with van der Waals surface area (Å²) in [6, 6.07) is 20.0. The molecule has 2 N–H and O–H groups in total. The minimum atomic E-state index is -0.212. The van der Waals surface area contributed by atoms with Crippen LogP contribution in [0.3, 0.4) is 0 Å². The molecule has 0 radical (unpaired) electrons. The Morgan fingerprint density at radius 3 is 1.93 bits per heavy atom. The Bertz CT molecular complexity index is 1870. The number of amides is 1. The van der Waals surface area contributed by atoms with Crippen molar-refractivity contribution in [3.05, 3.63) is 77.7 Å². The summed E-state index contributed by atoms with van der Waals surface area (Å²) in [6.07, 6.45) is 1.79. The zero-order chi connectivity index (χ0) is 29.2. The van der Waals surface area contributed by atoms with Crippen LogP contribution in [0.25, 0.3) is 22.1 Å². The quantitative estimate of drug-likeness (QED) is 0.189. The molecule has 0 bridgehead atoms. The molecule has 4 heterocycles. The molecule has 1 amide bonds. The van der Waals surface area contributed by atoms with Gasteiger partial charge in [0.15, 0.2) is 0 Å². The molecule has 4 aromatic heterocycles. The first kappa shape index (κ1) is 27.3. The number of imidazole rings is 2. The van der Waals surface area contributed by atoms with Crippen molar-refractivity contribution >= 4 is 45.7 Å². The van der Waals surface area contributed by atoms with Gasteiger partial charge >= 0.3 is 0 Å². The Morgan fingerprint density at radius 1 is 0.738 bits per heavy atom. The molecule has 0 spiro atoms. The van der Waals surface area contributed by atoms with Crippen molar-refractivity contribution < 1.29 is 4.79 Å². The first-order valence-electron chi connectivity index (χ1n) is 14.5. The number of rotatable bonds is 11. The normalized spacial score (nSPS) is 11.5. The Morgan fingerprint density at radius 2 is 1.29 bits per heavy atom. The van der Waals surface area contributed by atoms with Crippen LogP contribution in [-0.2, 0) is 26.2 Å². The van der Waals surface area contributed by atoms with Gasteiger partial charge in [-0.1, -0.05) is 24.3 Å². The molecule has 216 valence electrons. The topological polar surface area (TPSA) is 112 Å². The zero-order valence-corrected chi connectivity index (χ0v) is 24.5. The van der Waals surface area contributed by atoms with E-state index in [2.05, 4.69) is 43.0 Å². The predicted octanol–water partition coefficient (Wildman–Crippen LogP) is 5.91. The lowest BCUT2D eigenvalue weighted by Crippen LogP contribution is -2.20. The molecule has 6 rings (SSSR count). The highest BCUT2D eigenvalue weighted by atomic mass is 16.2. The van der Waals surface area contributed by atoms with Crippen molar-refractivity contribution in [2.75, 3.05) is 10.6 Å².